The summed E-state index contributed by atoms with van der Waals surface area (Å²) >= 11 is 0. The van der Waals surface area contributed by atoms with E-state index >= 15 is 0 Å². The van der Waals surface area contributed by atoms with Gasteiger partial charge >= 0.3 is 21.1 Å². The van der Waals surface area contributed by atoms with Crippen molar-refractivity contribution in [2.75, 3.05) is 4.90 Å². The number of nitrogens with zero attached hydrogens (tertiary/aromatic N) is 4. The van der Waals surface area contributed by atoms with Gasteiger partial charge in [-0.1, -0.05) is 109 Å². The fourth-order valence-electron chi connectivity index (χ4n) is 9.18. The van der Waals surface area contributed by atoms with Gasteiger partial charge in [0.15, 0.2) is 0 Å². The first-order valence-electron chi connectivity index (χ1n) is 19.9. The molecule has 282 valence electrons. The van der Waals surface area contributed by atoms with Gasteiger partial charge in [0.05, 0.1) is 16.9 Å². The maximum absolute atomic E-state index is 5.35. The van der Waals surface area contributed by atoms with Crippen molar-refractivity contribution in [3.05, 3.63) is 199 Å². The van der Waals surface area contributed by atoms with Crippen LogP contribution in [0.3, 0.4) is 0 Å². The second-order valence-corrected chi connectivity index (χ2v) is 15.5. The van der Waals surface area contributed by atoms with E-state index in [4.69, 9.17) is 9.97 Å². The second kappa shape index (κ2) is 14.7. The molecule has 1 aliphatic rings. The topological polar surface area (TPSA) is 34.0 Å². The number of anilines is 3. The zero-order valence-corrected chi connectivity index (χ0v) is 35.1. The van der Waals surface area contributed by atoms with E-state index in [-0.39, 0.29) is 27.8 Å². The molecular weight excluding hydrogens is 899 g/mol. The van der Waals surface area contributed by atoms with Crippen molar-refractivity contribution < 1.29 is 21.1 Å². The first-order valence-corrected chi connectivity index (χ1v) is 19.9. The Morgan fingerprint density at radius 3 is 2.10 bits per heavy atom. The van der Waals surface area contributed by atoms with Crippen LogP contribution in [0.4, 0.5) is 17.1 Å². The van der Waals surface area contributed by atoms with Crippen molar-refractivity contribution >= 4 is 72.7 Å². The van der Waals surface area contributed by atoms with Crippen LogP contribution in [0.25, 0.3) is 60.9 Å². The molecule has 0 spiro atoms. The monoisotopic (exact) mass is 935 g/mol. The Kier molecular flexibility index (Phi) is 9.15. The molecule has 4 nitrogen and oxygen atoms in total. The van der Waals surface area contributed by atoms with Crippen LogP contribution in [0.5, 0.6) is 0 Å². The minimum Gasteiger partial charge on any atom is -0.353 e. The molecular formula is C53H37BN4Pt. The van der Waals surface area contributed by atoms with Crippen LogP contribution in [-0.4, -0.2) is 21.2 Å². The molecule has 0 radical (unpaired) electrons. The van der Waals surface area contributed by atoms with Crippen LogP contribution in [0.2, 0.25) is 0 Å². The molecule has 10 aromatic rings. The van der Waals surface area contributed by atoms with Crippen LogP contribution in [0, 0.1) is 32.9 Å². The Bertz CT molecular complexity index is 3240. The number of fused-ring (bicyclic) bond motifs is 5. The van der Waals surface area contributed by atoms with Crippen LogP contribution in [0.1, 0.15) is 16.7 Å². The maximum Gasteiger partial charge on any atom is 2.00 e. The molecule has 11 rings (SSSR count). The molecule has 0 saturated carbocycles. The molecule has 2 aromatic heterocycles. The number of hydrogen-bond acceptors (Lipinski definition) is 3. The Morgan fingerprint density at radius 2 is 1.27 bits per heavy atom. The molecule has 3 heterocycles. The van der Waals surface area contributed by atoms with Crippen molar-refractivity contribution in [2.45, 2.75) is 20.8 Å². The third-order valence-corrected chi connectivity index (χ3v) is 11.7. The van der Waals surface area contributed by atoms with E-state index < -0.39 is 0 Å². The fraction of sp³-hybridized carbons (Fsp3) is 0.0566. The summed E-state index contributed by atoms with van der Waals surface area (Å²) in [7, 11) is 0. The molecule has 0 N–H and O–H groups in total. The summed E-state index contributed by atoms with van der Waals surface area (Å²) in [6.07, 6.45) is 1.96. The van der Waals surface area contributed by atoms with Gasteiger partial charge in [-0.15, -0.1) is 59.1 Å². The van der Waals surface area contributed by atoms with Gasteiger partial charge in [-0.3, -0.25) is 4.98 Å². The zero-order chi connectivity index (χ0) is 38.9. The maximum atomic E-state index is 5.35. The number of hydrogen-bond donors (Lipinski definition) is 0. The van der Waals surface area contributed by atoms with Crippen LogP contribution < -0.4 is 21.3 Å². The number of imidazole rings is 1. The van der Waals surface area contributed by atoms with E-state index in [1.807, 2.05) is 6.20 Å². The number of pyridine rings is 1. The largest absolute Gasteiger partial charge is 2.00 e. The molecule has 0 unspecified atom stereocenters. The molecule has 6 heteroatoms. The van der Waals surface area contributed by atoms with Gasteiger partial charge in [-0.25, -0.2) is 0 Å². The first-order chi connectivity index (χ1) is 28.5. The minimum absolute atomic E-state index is 0. The van der Waals surface area contributed by atoms with E-state index in [2.05, 4.69) is 206 Å². The first kappa shape index (κ1) is 36.8. The molecule has 1 aliphatic heterocycles. The number of para-hydroxylation sites is 3. The molecule has 0 fully saturated rings. The minimum atomic E-state index is -0.163. The summed E-state index contributed by atoms with van der Waals surface area (Å²) in [5.74, 6) is 0.868. The van der Waals surface area contributed by atoms with Gasteiger partial charge < -0.3 is 14.5 Å². The van der Waals surface area contributed by atoms with E-state index in [1.54, 1.807) is 0 Å². The van der Waals surface area contributed by atoms with Crippen LogP contribution in [0.15, 0.2) is 170 Å². The average Bonchev–Trinajstić information content (AvgIpc) is 3.63. The Morgan fingerprint density at radius 1 is 0.559 bits per heavy atom. The predicted molar refractivity (Wildman–Crippen MR) is 242 cm³/mol. The fourth-order valence-corrected chi connectivity index (χ4v) is 9.18. The smallest absolute Gasteiger partial charge is 0.353 e. The normalized spacial score (nSPS) is 12.1. The summed E-state index contributed by atoms with van der Waals surface area (Å²) in [5, 5.41) is 4.69. The van der Waals surface area contributed by atoms with E-state index in [0.29, 0.717) is 0 Å². The van der Waals surface area contributed by atoms with Gasteiger partial charge in [0.2, 0.25) is 6.71 Å². The van der Waals surface area contributed by atoms with Crippen molar-refractivity contribution in [3.8, 4) is 28.3 Å². The van der Waals surface area contributed by atoms with E-state index in [0.717, 1.165) is 78.1 Å². The summed E-state index contributed by atoms with van der Waals surface area (Å²) in [5.41, 5.74) is 16.3. The Balaban J connectivity index is 0.00000420. The molecule has 8 aromatic carbocycles. The van der Waals surface area contributed by atoms with Gasteiger partial charge in [-0.2, -0.15) is 5.46 Å². The van der Waals surface area contributed by atoms with Crippen molar-refractivity contribution in [2.24, 2.45) is 0 Å². The predicted octanol–water partition coefficient (Wildman–Crippen LogP) is 10.9. The molecule has 59 heavy (non-hydrogen) atoms. The van der Waals surface area contributed by atoms with E-state index in [1.165, 1.54) is 32.9 Å². The third-order valence-electron chi connectivity index (χ3n) is 11.7. The van der Waals surface area contributed by atoms with Gasteiger partial charge in [0.25, 0.3) is 0 Å². The van der Waals surface area contributed by atoms with Crippen molar-refractivity contribution in [1.29, 1.82) is 0 Å². The summed E-state index contributed by atoms with van der Waals surface area (Å²) in [6.45, 7) is 6.40. The molecule has 0 aliphatic carbocycles. The van der Waals surface area contributed by atoms with Gasteiger partial charge in [0, 0.05) is 23.3 Å². The Labute approximate surface area is 359 Å². The average molecular weight is 936 g/mol. The Hall–Kier alpha value is -6.55. The second-order valence-electron chi connectivity index (χ2n) is 15.5. The van der Waals surface area contributed by atoms with Gasteiger partial charge in [-0.05, 0) is 101 Å². The summed E-state index contributed by atoms with van der Waals surface area (Å²) in [6, 6.07) is 66.5. The van der Waals surface area contributed by atoms with Crippen LogP contribution >= 0.6 is 0 Å². The van der Waals surface area contributed by atoms with Gasteiger partial charge in [0.1, 0.15) is 0 Å². The van der Waals surface area contributed by atoms with Crippen molar-refractivity contribution in [3.63, 3.8) is 0 Å². The number of aromatic nitrogens is 3. The standard InChI is InChI=1S/C53H37BN4.Pt/c1-34-27-35(2)52(36(3)28-34)58-51-22-11-9-20-47(51)56-53(58)41-24-26-50-46(31-41)54(43-18-12-17-40(29-43)48-32-39-15-6-7-16-42(39)33-55-48)45-19-8-10-21-49(45)57(50)44-25-23-37-13-4-5-14-38(37)30-44;/h4-28,30,32-33H,1-3H3;/q-2;+2. The number of aryl methyl sites for hydroxylation is 3. The summed E-state index contributed by atoms with van der Waals surface area (Å²) in [4.78, 5) is 12.7. The molecule has 0 amide bonds. The SMILES string of the molecule is Cc1cc(C)c(-n2c(-c3[c-]c4c(cc3)N(c3ccc5ccccc5c3)c3ccccc3B4c3[c-]c(-c4cc5ccccc5cn4)ccc3)nc3ccccc32)c(C)c1.[Pt+2]. The number of benzene rings is 8. The zero-order valence-electron chi connectivity index (χ0n) is 32.8. The molecule has 0 bridgehead atoms. The van der Waals surface area contributed by atoms with E-state index in [9.17, 15) is 0 Å². The quantitative estimate of drug-likeness (QED) is 0.127. The van der Waals surface area contributed by atoms with Crippen LogP contribution in [-0.2, 0) is 21.1 Å². The molecule has 0 atom stereocenters. The molecule has 0 saturated heterocycles. The third kappa shape index (κ3) is 6.20. The number of rotatable bonds is 5. The summed E-state index contributed by atoms with van der Waals surface area (Å²) < 4.78 is 2.34. The van der Waals surface area contributed by atoms with Crippen molar-refractivity contribution in [1.82, 2.24) is 14.5 Å².